The third kappa shape index (κ3) is 5.62. The highest BCUT2D eigenvalue weighted by Gasteiger charge is 2.44. The average Bonchev–Trinajstić information content (AvgIpc) is 3.33. The molecule has 36 heavy (non-hydrogen) atoms. The summed E-state index contributed by atoms with van der Waals surface area (Å²) in [6.07, 6.45) is -1.45. The molecule has 0 aliphatic carbocycles. The molecule has 2 aromatic carbocycles. The number of aromatic nitrogens is 2. The summed E-state index contributed by atoms with van der Waals surface area (Å²) in [6, 6.07) is 11.9. The number of halogens is 3. The van der Waals surface area contributed by atoms with Gasteiger partial charge in [0, 0.05) is 31.5 Å². The Morgan fingerprint density at radius 2 is 1.86 bits per heavy atom. The molecule has 2 heterocycles. The lowest BCUT2D eigenvalue weighted by Gasteiger charge is -2.27. The van der Waals surface area contributed by atoms with Gasteiger partial charge in [0.25, 0.3) is 5.91 Å². The van der Waals surface area contributed by atoms with Crippen LogP contribution in [0.1, 0.15) is 33.6 Å². The molecule has 1 unspecified atom stereocenters. The van der Waals surface area contributed by atoms with Gasteiger partial charge in [0.2, 0.25) is 5.91 Å². The van der Waals surface area contributed by atoms with Crippen LogP contribution in [0, 0.1) is 6.92 Å². The quantitative estimate of drug-likeness (QED) is 0.457. The van der Waals surface area contributed by atoms with Crippen molar-refractivity contribution in [1.29, 1.82) is 0 Å². The van der Waals surface area contributed by atoms with Crippen molar-refractivity contribution in [1.82, 2.24) is 20.6 Å². The highest BCUT2D eigenvalue weighted by molar-refractivity contribution is 6.00. The molecule has 3 N–H and O–H groups in total. The molecule has 8 nitrogen and oxygen atoms in total. The van der Waals surface area contributed by atoms with Gasteiger partial charge in [0.15, 0.2) is 0 Å². The van der Waals surface area contributed by atoms with Gasteiger partial charge in [0.05, 0.1) is 29.1 Å². The van der Waals surface area contributed by atoms with E-state index in [0.29, 0.717) is 24.4 Å². The first kappa shape index (κ1) is 25.1. The lowest BCUT2D eigenvalue weighted by Crippen LogP contribution is -2.59. The van der Waals surface area contributed by atoms with E-state index in [-0.39, 0.29) is 24.4 Å². The minimum atomic E-state index is -4.48. The largest absolute Gasteiger partial charge is 0.418 e. The molecular formula is C25H24F3N5O3. The Hall–Kier alpha value is -3.99. The molecule has 4 rings (SSSR count). The first-order chi connectivity index (χ1) is 17.2. The van der Waals surface area contributed by atoms with E-state index in [9.17, 15) is 22.8 Å². The number of nitrogens with zero attached hydrogens (tertiary/aromatic N) is 2. The molecule has 0 saturated carbocycles. The smallest absolute Gasteiger partial charge is 0.378 e. The molecule has 3 aromatic rings. The van der Waals surface area contributed by atoms with Crippen LogP contribution in [0.3, 0.4) is 0 Å². The Morgan fingerprint density at radius 3 is 2.53 bits per heavy atom. The lowest BCUT2D eigenvalue weighted by atomic mass is 9.96. The summed E-state index contributed by atoms with van der Waals surface area (Å²) in [4.78, 5) is 33.7. The number of amides is 2. The van der Waals surface area contributed by atoms with Crippen molar-refractivity contribution < 1.29 is 27.5 Å². The van der Waals surface area contributed by atoms with Crippen LogP contribution in [0.25, 0.3) is 0 Å². The summed E-state index contributed by atoms with van der Waals surface area (Å²) < 4.78 is 45.1. The standard InChI is InChI=1S/C25H24F3N5O3/c1-16-19(13-29-15-31-16)22(34)33-24(10-11-36-14-24)23(35)30-12-17-6-8-18(9-7-17)32-21-5-3-2-4-20(21)25(26,27)28/h2-9,13,15,32H,10-12,14H2,1H3,(H,30,35)(H,33,34). The predicted molar refractivity (Wildman–Crippen MR) is 125 cm³/mol. The molecule has 1 aliphatic heterocycles. The maximum absolute atomic E-state index is 13.2. The first-order valence-corrected chi connectivity index (χ1v) is 11.2. The van der Waals surface area contributed by atoms with Gasteiger partial charge < -0.3 is 20.7 Å². The molecule has 2 amide bonds. The summed E-state index contributed by atoms with van der Waals surface area (Å²) in [6.45, 7) is 2.18. The summed E-state index contributed by atoms with van der Waals surface area (Å²) >= 11 is 0. The molecule has 188 valence electrons. The number of hydrogen-bond acceptors (Lipinski definition) is 6. The van der Waals surface area contributed by atoms with Crippen LogP contribution < -0.4 is 16.0 Å². The number of para-hydroxylation sites is 1. The van der Waals surface area contributed by atoms with E-state index in [1.807, 2.05) is 0 Å². The fourth-order valence-corrected chi connectivity index (χ4v) is 3.85. The summed E-state index contributed by atoms with van der Waals surface area (Å²) in [5.74, 6) is -0.868. The van der Waals surface area contributed by atoms with E-state index in [1.165, 1.54) is 30.7 Å². The van der Waals surface area contributed by atoms with Gasteiger partial charge in [-0.2, -0.15) is 13.2 Å². The summed E-state index contributed by atoms with van der Waals surface area (Å²) in [5, 5.41) is 8.38. The number of carbonyl (C=O) groups excluding carboxylic acids is 2. The summed E-state index contributed by atoms with van der Waals surface area (Å²) in [5.41, 5.74) is -0.0905. The van der Waals surface area contributed by atoms with E-state index >= 15 is 0 Å². The molecule has 0 radical (unpaired) electrons. The number of hydrogen-bond donors (Lipinski definition) is 3. The van der Waals surface area contributed by atoms with Crippen LogP contribution in [0.2, 0.25) is 0 Å². The number of aryl methyl sites for hydroxylation is 1. The number of anilines is 2. The second-order valence-electron chi connectivity index (χ2n) is 8.41. The second kappa shape index (κ2) is 10.3. The van der Waals surface area contributed by atoms with Crippen molar-refractivity contribution in [3.63, 3.8) is 0 Å². The van der Waals surface area contributed by atoms with Gasteiger partial charge in [0.1, 0.15) is 11.9 Å². The molecule has 1 aromatic heterocycles. The number of nitrogens with one attached hydrogen (secondary N) is 3. The minimum absolute atomic E-state index is 0.0266. The summed E-state index contributed by atoms with van der Waals surface area (Å²) in [7, 11) is 0. The molecule has 1 aliphatic rings. The van der Waals surface area contributed by atoms with Crippen molar-refractivity contribution in [3.8, 4) is 0 Å². The molecular weight excluding hydrogens is 475 g/mol. The van der Waals surface area contributed by atoms with E-state index in [1.54, 1.807) is 31.2 Å². The average molecular weight is 499 g/mol. The van der Waals surface area contributed by atoms with Gasteiger partial charge in [-0.3, -0.25) is 9.59 Å². The topological polar surface area (TPSA) is 105 Å². The first-order valence-electron chi connectivity index (χ1n) is 11.2. The van der Waals surface area contributed by atoms with Crippen molar-refractivity contribution >= 4 is 23.2 Å². The molecule has 1 atom stereocenters. The van der Waals surface area contributed by atoms with E-state index in [0.717, 1.165) is 11.6 Å². The Bertz CT molecular complexity index is 1240. The third-order valence-electron chi connectivity index (χ3n) is 5.88. The maximum atomic E-state index is 13.2. The van der Waals surface area contributed by atoms with Crippen LogP contribution in [0.4, 0.5) is 24.5 Å². The lowest BCUT2D eigenvalue weighted by molar-refractivity contribution is -0.137. The monoisotopic (exact) mass is 499 g/mol. The zero-order chi connectivity index (χ0) is 25.8. The maximum Gasteiger partial charge on any atom is 0.418 e. The second-order valence-corrected chi connectivity index (χ2v) is 8.41. The zero-order valence-corrected chi connectivity index (χ0v) is 19.4. The Kier molecular flexibility index (Phi) is 7.20. The van der Waals surface area contributed by atoms with Crippen LogP contribution in [0.15, 0.2) is 61.1 Å². The Morgan fingerprint density at radius 1 is 1.11 bits per heavy atom. The van der Waals surface area contributed by atoms with E-state index in [2.05, 4.69) is 25.9 Å². The van der Waals surface area contributed by atoms with Gasteiger partial charge in [-0.25, -0.2) is 9.97 Å². The number of benzene rings is 2. The molecule has 1 saturated heterocycles. The van der Waals surface area contributed by atoms with Crippen LogP contribution >= 0.6 is 0 Å². The van der Waals surface area contributed by atoms with Crippen molar-refractivity contribution in [3.05, 3.63) is 83.4 Å². The number of alkyl halides is 3. The fraction of sp³-hybridized carbons (Fsp3) is 0.280. The van der Waals surface area contributed by atoms with Gasteiger partial charge in [-0.15, -0.1) is 0 Å². The molecule has 1 fully saturated rings. The third-order valence-corrected chi connectivity index (χ3v) is 5.88. The fourth-order valence-electron chi connectivity index (χ4n) is 3.85. The van der Waals surface area contributed by atoms with Crippen molar-refractivity contribution in [2.24, 2.45) is 0 Å². The van der Waals surface area contributed by atoms with E-state index in [4.69, 9.17) is 4.74 Å². The van der Waals surface area contributed by atoms with Gasteiger partial charge >= 0.3 is 6.18 Å². The predicted octanol–water partition coefficient (Wildman–Crippen LogP) is 3.75. The minimum Gasteiger partial charge on any atom is -0.378 e. The van der Waals surface area contributed by atoms with Crippen molar-refractivity contribution in [2.75, 3.05) is 18.5 Å². The molecule has 0 spiro atoms. The zero-order valence-electron chi connectivity index (χ0n) is 19.4. The highest BCUT2D eigenvalue weighted by Crippen LogP contribution is 2.35. The van der Waals surface area contributed by atoms with E-state index < -0.39 is 29.1 Å². The number of ether oxygens (including phenoxy) is 1. The Labute approximate surface area is 205 Å². The highest BCUT2D eigenvalue weighted by atomic mass is 19.4. The normalized spacial score (nSPS) is 17.4. The Balaban J connectivity index is 1.40. The number of rotatable bonds is 7. The molecule has 0 bridgehead atoms. The van der Waals surface area contributed by atoms with Crippen LogP contribution in [-0.4, -0.2) is 40.5 Å². The van der Waals surface area contributed by atoms with Gasteiger partial charge in [-0.05, 0) is 36.8 Å². The number of carbonyl (C=O) groups is 2. The molecule has 11 heteroatoms. The SMILES string of the molecule is Cc1ncncc1C(=O)NC1(C(=O)NCc2ccc(Nc3ccccc3C(F)(F)F)cc2)CCOC1. The van der Waals surface area contributed by atoms with Crippen molar-refractivity contribution in [2.45, 2.75) is 31.6 Å². The van der Waals surface area contributed by atoms with Gasteiger partial charge in [-0.1, -0.05) is 24.3 Å². The van der Waals surface area contributed by atoms with Crippen LogP contribution in [-0.2, 0) is 22.3 Å². The van der Waals surface area contributed by atoms with Crippen LogP contribution in [0.5, 0.6) is 0 Å².